The van der Waals surface area contributed by atoms with Gasteiger partial charge in [0.25, 0.3) is 0 Å². The third-order valence-electron chi connectivity index (χ3n) is 3.58. The number of allylic oxidation sites excluding steroid dienone is 1. The molecule has 108 valence electrons. The zero-order chi connectivity index (χ0) is 15.3. The Morgan fingerprint density at radius 1 is 1.50 bits per heavy atom. The van der Waals surface area contributed by atoms with Crippen LogP contribution in [0.25, 0.3) is 0 Å². The summed E-state index contributed by atoms with van der Waals surface area (Å²) >= 11 is 4.50. The van der Waals surface area contributed by atoms with Gasteiger partial charge in [0.15, 0.2) is 0 Å². The van der Waals surface area contributed by atoms with Crippen LogP contribution in [0.5, 0.6) is 0 Å². The van der Waals surface area contributed by atoms with Crippen molar-refractivity contribution in [2.75, 3.05) is 0 Å². The molecule has 1 aliphatic carbocycles. The van der Waals surface area contributed by atoms with Gasteiger partial charge in [-0.2, -0.15) is 4.99 Å². The fourth-order valence-corrected chi connectivity index (χ4v) is 2.54. The molecule has 0 spiro atoms. The van der Waals surface area contributed by atoms with E-state index in [2.05, 4.69) is 22.4 Å². The monoisotopic (exact) mass is 295 g/mol. The highest BCUT2D eigenvalue weighted by Crippen LogP contribution is 2.43. The highest BCUT2D eigenvalue weighted by Gasteiger charge is 2.45. The second kappa shape index (κ2) is 6.59. The van der Waals surface area contributed by atoms with E-state index in [1.807, 2.05) is 6.92 Å². The smallest absolute Gasteiger partial charge is 0.331 e. The molecule has 2 N–H and O–H groups in total. The molecule has 0 saturated heterocycles. The number of hydrogen-bond acceptors (Lipinski definition) is 4. The van der Waals surface area contributed by atoms with E-state index in [4.69, 9.17) is 0 Å². The van der Waals surface area contributed by atoms with Crippen LogP contribution in [0.3, 0.4) is 0 Å². The van der Waals surface area contributed by atoms with Crippen molar-refractivity contribution in [3.8, 4) is 0 Å². The van der Waals surface area contributed by atoms with E-state index in [-0.39, 0.29) is 11.3 Å². The lowest BCUT2D eigenvalue weighted by atomic mass is 9.67. The van der Waals surface area contributed by atoms with Crippen LogP contribution in [0.4, 0.5) is 0 Å². The number of nitrogens with zero attached hydrogens (tertiary/aromatic N) is 1. The maximum atomic E-state index is 11.6. The quantitative estimate of drug-likeness (QED) is 0.581. The molecule has 0 bridgehead atoms. The first-order valence-corrected chi connectivity index (χ1v) is 6.76. The van der Waals surface area contributed by atoms with Gasteiger partial charge in [0.05, 0.1) is 16.3 Å². The summed E-state index contributed by atoms with van der Waals surface area (Å²) in [7, 11) is 0. The number of thiocarbonyl (C=S) groups is 1. The van der Waals surface area contributed by atoms with Crippen LogP contribution in [0.2, 0.25) is 0 Å². The number of rotatable bonds is 6. The maximum absolute atomic E-state index is 11.6. The number of aliphatic imine (C=N–C) groups is 1. The van der Waals surface area contributed by atoms with Gasteiger partial charge < -0.3 is 10.2 Å². The number of carboxylic acid groups (broad SMARTS) is 2. The molecule has 1 aliphatic rings. The number of unbranched alkanes of at least 4 members (excludes halogenated alkanes) is 1. The molecular formula is C14H17NO4S. The van der Waals surface area contributed by atoms with Crippen molar-refractivity contribution in [2.45, 2.75) is 33.1 Å². The lowest BCUT2D eigenvalue weighted by molar-refractivity contribution is -0.148. The molecule has 0 aromatic rings. The maximum Gasteiger partial charge on any atom is 0.331 e. The van der Waals surface area contributed by atoms with Crippen LogP contribution in [0.15, 0.2) is 28.4 Å². The van der Waals surface area contributed by atoms with Crippen molar-refractivity contribution >= 4 is 29.3 Å². The molecule has 0 amide bonds. The van der Waals surface area contributed by atoms with Crippen molar-refractivity contribution in [1.29, 1.82) is 0 Å². The Balaban J connectivity index is 3.37. The first-order valence-electron chi connectivity index (χ1n) is 6.35. The van der Waals surface area contributed by atoms with Gasteiger partial charge in [0, 0.05) is 11.5 Å². The minimum absolute atomic E-state index is 0.0647. The molecule has 2 unspecified atom stereocenters. The Morgan fingerprint density at radius 3 is 2.60 bits per heavy atom. The van der Waals surface area contributed by atoms with E-state index in [1.165, 1.54) is 19.1 Å². The molecule has 0 fully saturated rings. The van der Waals surface area contributed by atoms with Crippen LogP contribution in [0, 0.1) is 11.3 Å². The van der Waals surface area contributed by atoms with Gasteiger partial charge in [0.2, 0.25) is 0 Å². The molecule has 0 aliphatic heterocycles. The highest BCUT2D eigenvalue weighted by atomic mass is 32.1. The van der Waals surface area contributed by atoms with E-state index in [9.17, 15) is 19.8 Å². The predicted molar refractivity (Wildman–Crippen MR) is 77.6 cm³/mol. The van der Waals surface area contributed by atoms with Gasteiger partial charge in [-0.3, -0.25) is 4.79 Å². The van der Waals surface area contributed by atoms with Crippen molar-refractivity contribution in [3.63, 3.8) is 0 Å². The van der Waals surface area contributed by atoms with Gasteiger partial charge in [0.1, 0.15) is 0 Å². The molecule has 1 rings (SSSR count). The molecule has 6 heteroatoms. The lowest BCUT2D eigenvalue weighted by Crippen LogP contribution is -2.39. The molecular weight excluding hydrogens is 278 g/mol. The summed E-state index contributed by atoms with van der Waals surface area (Å²) in [5.41, 5.74) is -1.01. The van der Waals surface area contributed by atoms with Crippen molar-refractivity contribution in [1.82, 2.24) is 0 Å². The van der Waals surface area contributed by atoms with E-state index in [0.29, 0.717) is 6.42 Å². The largest absolute Gasteiger partial charge is 0.481 e. The zero-order valence-corrected chi connectivity index (χ0v) is 12.2. The van der Waals surface area contributed by atoms with Gasteiger partial charge in [-0.25, -0.2) is 4.79 Å². The highest BCUT2D eigenvalue weighted by molar-refractivity contribution is 7.78. The normalized spacial score (nSPS) is 25.2. The fourth-order valence-electron chi connectivity index (χ4n) is 2.43. The van der Waals surface area contributed by atoms with Gasteiger partial charge in [-0.1, -0.05) is 19.8 Å². The number of carbonyl (C=O) groups is 2. The summed E-state index contributed by atoms with van der Waals surface area (Å²) in [4.78, 5) is 26.8. The second-order valence-electron chi connectivity index (χ2n) is 4.96. The van der Waals surface area contributed by atoms with Crippen molar-refractivity contribution in [3.05, 3.63) is 23.4 Å². The molecule has 0 radical (unpaired) electrons. The van der Waals surface area contributed by atoms with Crippen LogP contribution >= 0.6 is 12.2 Å². The summed E-state index contributed by atoms with van der Waals surface area (Å²) in [6.45, 7) is 3.49. The Morgan fingerprint density at radius 2 is 2.15 bits per heavy atom. The number of carboxylic acids is 2. The molecule has 0 heterocycles. The van der Waals surface area contributed by atoms with Gasteiger partial charge >= 0.3 is 11.9 Å². The summed E-state index contributed by atoms with van der Waals surface area (Å²) in [5, 5.41) is 21.0. The Hall–Kier alpha value is -1.78. The van der Waals surface area contributed by atoms with E-state index >= 15 is 0 Å². The van der Waals surface area contributed by atoms with Crippen LogP contribution < -0.4 is 0 Å². The minimum atomic E-state index is -1.30. The van der Waals surface area contributed by atoms with E-state index in [0.717, 1.165) is 12.8 Å². The Labute approximate surface area is 122 Å². The van der Waals surface area contributed by atoms with Crippen LogP contribution in [0.1, 0.15) is 33.1 Å². The minimum Gasteiger partial charge on any atom is -0.481 e. The number of isothiocyanates is 1. The molecule has 0 aromatic heterocycles. The first kappa shape index (κ1) is 16.3. The summed E-state index contributed by atoms with van der Waals surface area (Å²) in [6.07, 6.45) is 4.97. The zero-order valence-electron chi connectivity index (χ0n) is 11.4. The van der Waals surface area contributed by atoms with Gasteiger partial charge in [-0.05, 0) is 37.7 Å². The lowest BCUT2D eigenvalue weighted by Gasteiger charge is -2.34. The average Bonchev–Trinajstić information content (AvgIpc) is 2.37. The van der Waals surface area contributed by atoms with Crippen LogP contribution in [-0.2, 0) is 9.59 Å². The first-order chi connectivity index (χ1) is 9.36. The third kappa shape index (κ3) is 3.21. The van der Waals surface area contributed by atoms with Gasteiger partial charge in [-0.15, -0.1) is 0 Å². The summed E-state index contributed by atoms with van der Waals surface area (Å²) in [6, 6.07) is 0. The topological polar surface area (TPSA) is 87.0 Å². The molecule has 2 atom stereocenters. The Kier molecular flexibility index (Phi) is 5.36. The third-order valence-corrected chi connectivity index (χ3v) is 3.67. The van der Waals surface area contributed by atoms with E-state index in [1.54, 1.807) is 0 Å². The summed E-state index contributed by atoms with van der Waals surface area (Å²) < 4.78 is 0. The molecule has 0 aromatic carbocycles. The van der Waals surface area contributed by atoms with Crippen LogP contribution in [-0.4, -0.2) is 27.3 Å². The molecule has 20 heavy (non-hydrogen) atoms. The average molecular weight is 295 g/mol. The Bertz CT molecular complexity index is 531. The fraction of sp³-hybridized carbons (Fsp3) is 0.500. The number of hydrogen-bond donors (Lipinski definition) is 2. The molecule has 5 nitrogen and oxygen atoms in total. The standard InChI is InChI=1S/C14H17NO4S/c1-3-4-5-11-10(12(16)17)6-9(15-8-20)7-14(11,2)13(18)19/h6-7,11H,3-5H2,1-2H3,(H,16,17)(H,18,19). The molecule has 0 saturated carbocycles. The van der Waals surface area contributed by atoms with Crippen molar-refractivity contribution < 1.29 is 19.8 Å². The van der Waals surface area contributed by atoms with E-state index < -0.39 is 23.3 Å². The SMILES string of the molecule is CCCCC1C(C(=O)O)=CC(N=C=S)=CC1(C)C(=O)O. The predicted octanol–water partition coefficient (Wildman–Crippen LogP) is 2.90. The summed E-state index contributed by atoms with van der Waals surface area (Å²) in [5.74, 6) is -2.77. The van der Waals surface area contributed by atoms with Crippen molar-refractivity contribution in [2.24, 2.45) is 16.3 Å². The second-order valence-corrected chi connectivity index (χ2v) is 5.14. The number of aliphatic carboxylic acids is 2.